The first-order valence-electron chi connectivity index (χ1n) is 16.5. The molecule has 1 aliphatic heterocycles. The van der Waals surface area contributed by atoms with Crippen LogP contribution in [0.2, 0.25) is 0 Å². The Bertz CT molecular complexity index is 1480. The van der Waals surface area contributed by atoms with Crippen LogP contribution in [0.4, 0.5) is 5.69 Å². The molecular formula is C37H51N5O2. The van der Waals surface area contributed by atoms with Gasteiger partial charge in [0.15, 0.2) is 0 Å². The normalized spacial score (nSPS) is 13.8. The second-order valence-corrected chi connectivity index (χ2v) is 11.7. The van der Waals surface area contributed by atoms with Gasteiger partial charge in [0.05, 0.1) is 25.1 Å². The van der Waals surface area contributed by atoms with E-state index in [2.05, 4.69) is 62.0 Å². The fourth-order valence-electron chi connectivity index (χ4n) is 5.59. The first-order chi connectivity index (χ1) is 21.4. The Morgan fingerprint density at radius 1 is 0.841 bits per heavy atom. The number of allylic oxidation sites excluding steroid dienone is 1. The van der Waals surface area contributed by atoms with Crippen LogP contribution in [0.5, 0.6) is 11.5 Å². The van der Waals surface area contributed by atoms with E-state index in [0.717, 1.165) is 64.9 Å². The summed E-state index contributed by atoms with van der Waals surface area (Å²) in [6.45, 7) is 15.6. The molecule has 0 saturated heterocycles. The number of aromatic nitrogens is 2. The molecule has 0 spiro atoms. The van der Waals surface area contributed by atoms with E-state index in [1.807, 2.05) is 42.8 Å². The smallest absolute Gasteiger partial charge is 0.252 e. The zero-order valence-corrected chi connectivity index (χ0v) is 27.9. The quantitative estimate of drug-likeness (QED) is 0.155. The van der Waals surface area contributed by atoms with Crippen molar-refractivity contribution in [1.82, 2.24) is 9.78 Å². The zero-order chi connectivity index (χ0) is 31.5. The second kappa shape index (κ2) is 16.3. The van der Waals surface area contributed by atoms with Crippen molar-refractivity contribution < 1.29 is 9.47 Å². The van der Waals surface area contributed by atoms with Gasteiger partial charge in [-0.1, -0.05) is 58.4 Å². The van der Waals surface area contributed by atoms with Gasteiger partial charge < -0.3 is 14.4 Å². The van der Waals surface area contributed by atoms with Gasteiger partial charge in [-0.05, 0) is 94.1 Å². The van der Waals surface area contributed by atoms with Crippen LogP contribution in [0.15, 0.2) is 58.1 Å². The van der Waals surface area contributed by atoms with E-state index >= 15 is 0 Å². The van der Waals surface area contributed by atoms with Gasteiger partial charge in [-0.2, -0.15) is 5.10 Å². The molecule has 2 heterocycles. The van der Waals surface area contributed by atoms with Crippen molar-refractivity contribution in [2.45, 2.75) is 92.9 Å². The average molecular weight is 598 g/mol. The molecule has 0 amide bonds. The lowest BCUT2D eigenvalue weighted by molar-refractivity contribution is 0.303. The molecule has 0 aliphatic carbocycles. The summed E-state index contributed by atoms with van der Waals surface area (Å²) in [5.41, 5.74) is 7.84. The Hall–Kier alpha value is -3.87. The van der Waals surface area contributed by atoms with Gasteiger partial charge in [0.25, 0.3) is 5.96 Å². The molecule has 1 aromatic heterocycles. The third-order valence-corrected chi connectivity index (χ3v) is 8.14. The van der Waals surface area contributed by atoms with Crippen LogP contribution < -0.4 is 14.4 Å². The molecule has 4 rings (SSSR count). The Balaban J connectivity index is 1.67. The molecule has 0 atom stereocenters. The number of benzene rings is 2. The standard InChI is InChI=1S/C37H51N5O2/c1-8-11-13-14-15-16-22-44-32-19-20-35(43-7)33(26-32)36-34(38-37(39-36)42-29(6)24-28(5)40-42)25-30-17-18-31(23-27(30)4)41(10-3)21-12-9-2/h17-20,23-26H,8-16,21-22H2,1-7H3/b34-25-. The predicted molar refractivity (Wildman–Crippen MR) is 185 cm³/mol. The molecule has 0 saturated carbocycles. The first kappa shape index (κ1) is 33.0. The highest BCUT2D eigenvalue weighted by Crippen LogP contribution is 2.32. The third kappa shape index (κ3) is 8.40. The molecular weight excluding hydrogens is 546 g/mol. The third-order valence-electron chi connectivity index (χ3n) is 8.14. The van der Waals surface area contributed by atoms with Crippen LogP contribution in [-0.2, 0) is 0 Å². The van der Waals surface area contributed by atoms with E-state index in [9.17, 15) is 0 Å². The molecule has 7 heteroatoms. The predicted octanol–water partition coefficient (Wildman–Crippen LogP) is 8.93. The molecule has 2 aromatic carbocycles. The van der Waals surface area contributed by atoms with E-state index < -0.39 is 0 Å². The highest BCUT2D eigenvalue weighted by molar-refractivity contribution is 6.24. The largest absolute Gasteiger partial charge is 0.496 e. The maximum absolute atomic E-state index is 6.20. The summed E-state index contributed by atoms with van der Waals surface area (Å²) < 4.78 is 13.8. The molecule has 0 unspecified atom stereocenters. The maximum atomic E-state index is 6.20. The van der Waals surface area contributed by atoms with E-state index in [0.29, 0.717) is 12.6 Å². The van der Waals surface area contributed by atoms with Gasteiger partial charge >= 0.3 is 0 Å². The topological polar surface area (TPSA) is 64.2 Å². The van der Waals surface area contributed by atoms with Gasteiger partial charge in [-0.25, -0.2) is 14.7 Å². The fraction of sp³-hybridized carbons (Fsp3) is 0.486. The molecule has 0 fully saturated rings. The van der Waals surface area contributed by atoms with Crippen molar-refractivity contribution in [2.75, 3.05) is 31.7 Å². The van der Waals surface area contributed by atoms with Crippen LogP contribution in [0.3, 0.4) is 0 Å². The van der Waals surface area contributed by atoms with Crippen molar-refractivity contribution in [1.29, 1.82) is 0 Å². The van der Waals surface area contributed by atoms with Crippen molar-refractivity contribution in [3.8, 4) is 11.5 Å². The van der Waals surface area contributed by atoms with Gasteiger partial charge in [-0.15, -0.1) is 0 Å². The Labute approximate surface area is 264 Å². The lowest BCUT2D eigenvalue weighted by Gasteiger charge is -2.23. The van der Waals surface area contributed by atoms with Crippen molar-refractivity contribution >= 4 is 23.4 Å². The average Bonchev–Trinajstić information content (AvgIpc) is 3.59. The van der Waals surface area contributed by atoms with Crippen LogP contribution in [0.1, 0.15) is 100 Å². The number of aliphatic imine (C=N–C) groups is 2. The fourth-order valence-corrected chi connectivity index (χ4v) is 5.59. The number of nitrogens with zero attached hydrogens (tertiary/aromatic N) is 5. The van der Waals surface area contributed by atoms with Crippen LogP contribution in [0, 0.1) is 20.8 Å². The van der Waals surface area contributed by atoms with Gasteiger partial charge in [0, 0.05) is 30.0 Å². The molecule has 0 bridgehead atoms. The highest BCUT2D eigenvalue weighted by atomic mass is 16.5. The molecule has 7 nitrogen and oxygen atoms in total. The van der Waals surface area contributed by atoms with Crippen LogP contribution in [-0.4, -0.2) is 48.3 Å². The number of hydrogen-bond donors (Lipinski definition) is 0. The maximum Gasteiger partial charge on any atom is 0.252 e. The first-order valence-corrected chi connectivity index (χ1v) is 16.5. The number of unbranched alkanes of at least 4 members (excludes halogenated alkanes) is 6. The van der Waals surface area contributed by atoms with Gasteiger partial charge in [0.1, 0.15) is 17.2 Å². The number of methoxy groups -OCH3 is 1. The number of rotatable bonds is 16. The summed E-state index contributed by atoms with van der Waals surface area (Å²) in [5, 5.41) is 4.67. The number of ether oxygens (including phenoxy) is 2. The Morgan fingerprint density at radius 3 is 2.30 bits per heavy atom. The summed E-state index contributed by atoms with van der Waals surface area (Å²) in [6.07, 6.45) is 11.9. The SMILES string of the molecule is CCCCCCCCOc1ccc(OC)c(C2=NC(n3nc(C)cc3C)=N/C2=C\c2ccc(N(CC)CCCC)cc2C)c1. The number of aryl methyl sites for hydroxylation is 3. The molecule has 1 aliphatic rings. The molecule has 0 N–H and O–H groups in total. The molecule has 0 radical (unpaired) electrons. The molecule has 3 aromatic rings. The Kier molecular flexibility index (Phi) is 12.2. The van der Waals surface area contributed by atoms with E-state index in [1.165, 1.54) is 56.2 Å². The summed E-state index contributed by atoms with van der Waals surface area (Å²) in [7, 11) is 1.69. The Morgan fingerprint density at radius 2 is 1.61 bits per heavy atom. The summed E-state index contributed by atoms with van der Waals surface area (Å²) in [6, 6.07) is 14.7. The molecule has 44 heavy (non-hydrogen) atoms. The van der Waals surface area contributed by atoms with Crippen LogP contribution >= 0.6 is 0 Å². The van der Waals surface area contributed by atoms with Crippen molar-refractivity contribution in [3.63, 3.8) is 0 Å². The summed E-state index contributed by atoms with van der Waals surface area (Å²) >= 11 is 0. The minimum absolute atomic E-state index is 0.545. The van der Waals surface area contributed by atoms with Crippen molar-refractivity contribution in [2.24, 2.45) is 9.98 Å². The number of hydrogen-bond acceptors (Lipinski definition) is 6. The molecule has 236 valence electrons. The minimum Gasteiger partial charge on any atom is -0.496 e. The van der Waals surface area contributed by atoms with Gasteiger partial charge in [-0.3, -0.25) is 0 Å². The highest BCUT2D eigenvalue weighted by Gasteiger charge is 2.25. The zero-order valence-electron chi connectivity index (χ0n) is 27.9. The number of anilines is 1. The summed E-state index contributed by atoms with van der Waals surface area (Å²) in [5.74, 6) is 2.08. The summed E-state index contributed by atoms with van der Waals surface area (Å²) in [4.78, 5) is 12.5. The lowest BCUT2D eigenvalue weighted by atomic mass is 10.0. The van der Waals surface area contributed by atoms with E-state index in [4.69, 9.17) is 19.5 Å². The minimum atomic E-state index is 0.545. The monoisotopic (exact) mass is 597 g/mol. The second-order valence-electron chi connectivity index (χ2n) is 11.7. The van der Waals surface area contributed by atoms with E-state index in [-0.39, 0.29) is 0 Å². The van der Waals surface area contributed by atoms with Gasteiger partial charge in [0.2, 0.25) is 0 Å². The lowest BCUT2D eigenvalue weighted by Crippen LogP contribution is -2.23. The van der Waals surface area contributed by atoms with Crippen LogP contribution in [0.25, 0.3) is 6.08 Å². The van der Waals surface area contributed by atoms with E-state index in [1.54, 1.807) is 7.11 Å². The van der Waals surface area contributed by atoms with Crippen molar-refractivity contribution in [3.05, 3.63) is 76.2 Å².